The highest BCUT2D eigenvalue weighted by Crippen LogP contribution is 2.15. The van der Waals surface area contributed by atoms with Crippen LogP contribution in [0.3, 0.4) is 0 Å². The predicted octanol–water partition coefficient (Wildman–Crippen LogP) is 3.10. The van der Waals surface area contributed by atoms with Gasteiger partial charge in [0.15, 0.2) is 6.29 Å². The largest absolute Gasteiger partial charge is 0.338 e. The Morgan fingerprint density at radius 2 is 2.06 bits per heavy atom. The van der Waals surface area contributed by atoms with Crippen molar-refractivity contribution in [1.29, 1.82) is 0 Å². The zero-order valence-electron chi connectivity index (χ0n) is 9.90. The minimum absolute atomic E-state index is 0.253. The molecule has 0 saturated heterocycles. The van der Waals surface area contributed by atoms with E-state index < -0.39 is 0 Å². The molecule has 0 aliphatic rings. The third-order valence-corrected chi connectivity index (χ3v) is 2.89. The summed E-state index contributed by atoms with van der Waals surface area (Å²) in [7, 11) is 0. The number of aromatic nitrogens is 1. The van der Waals surface area contributed by atoms with Crippen molar-refractivity contribution in [1.82, 2.24) is 4.57 Å². The molecule has 0 aliphatic carbocycles. The van der Waals surface area contributed by atoms with Crippen LogP contribution in [0.2, 0.25) is 0 Å². The van der Waals surface area contributed by atoms with E-state index in [1.807, 2.05) is 30.5 Å². The fraction of sp³-hybridized carbons (Fsp3) is 0.214. The monoisotopic (exact) mass is 231 g/mol. The van der Waals surface area contributed by atoms with Crippen molar-refractivity contribution >= 4 is 6.29 Å². The summed E-state index contributed by atoms with van der Waals surface area (Å²) in [4.78, 5) is 11.0. The Bertz CT molecular complexity index is 557. The van der Waals surface area contributed by atoms with Crippen LogP contribution in [0, 0.1) is 19.7 Å². The molecule has 88 valence electrons. The van der Waals surface area contributed by atoms with Crippen LogP contribution in [-0.2, 0) is 6.54 Å². The van der Waals surface area contributed by atoms with Gasteiger partial charge in [-0.1, -0.05) is 12.1 Å². The lowest BCUT2D eigenvalue weighted by atomic mass is 10.2. The van der Waals surface area contributed by atoms with Gasteiger partial charge in [0.2, 0.25) is 0 Å². The second-order valence-electron chi connectivity index (χ2n) is 4.19. The molecule has 0 fully saturated rings. The lowest BCUT2D eigenvalue weighted by Crippen LogP contribution is -2.06. The molecule has 0 atom stereocenters. The first kappa shape index (κ1) is 11.6. The van der Waals surface area contributed by atoms with E-state index in [4.69, 9.17) is 0 Å². The number of carbonyl (C=O) groups excluding carboxylic acids is 1. The van der Waals surface area contributed by atoms with Gasteiger partial charge in [-0.3, -0.25) is 4.79 Å². The van der Waals surface area contributed by atoms with Crippen LogP contribution in [0.1, 0.15) is 27.3 Å². The number of rotatable bonds is 3. The summed E-state index contributed by atoms with van der Waals surface area (Å²) in [5.41, 5.74) is 3.47. The Morgan fingerprint density at radius 1 is 1.29 bits per heavy atom. The molecule has 0 radical (unpaired) electrons. The molecule has 0 unspecified atom stereocenters. The van der Waals surface area contributed by atoms with Gasteiger partial charge in [-0.05, 0) is 43.2 Å². The minimum atomic E-state index is -0.253. The van der Waals surface area contributed by atoms with E-state index in [1.165, 1.54) is 12.1 Å². The molecule has 2 aromatic rings. The molecule has 1 aromatic carbocycles. The quantitative estimate of drug-likeness (QED) is 0.744. The van der Waals surface area contributed by atoms with Gasteiger partial charge in [0.05, 0.1) is 5.69 Å². The van der Waals surface area contributed by atoms with Crippen molar-refractivity contribution in [2.75, 3.05) is 0 Å². The van der Waals surface area contributed by atoms with Crippen LogP contribution in [0.25, 0.3) is 0 Å². The first-order valence-corrected chi connectivity index (χ1v) is 5.48. The lowest BCUT2D eigenvalue weighted by molar-refractivity contribution is 0.111. The van der Waals surface area contributed by atoms with Gasteiger partial charge in [-0.2, -0.15) is 0 Å². The number of carbonyl (C=O) groups is 1. The smallest absolute Gasteiger partial charge is 0.166 e. The summed E-state index contributed by atoms with van der Waals surface area (Å²) in [6.45, 7) is 4.36. The zero-order chi connectivity index (χ0) is 12.4. The zero-order valence-corrected chi connectivity index (χ0v) is 9.90. The predicted molar refractivity (Wildman–Crippen MR) is 64.8 cm³/mol. The van der Waals surface area contributed by atoms with Crippen molar-refractivity contribution < 1.29 is 9.18 Å². The maximum absolute atomic E-state index is 13.1. The van der Waals surface area contributed by atoms with Gasteiger partial charge in [-0.25, -0.2) is 4.39 Å². The van der Waals surface area contributed by atoms with E-state index >= 15 is 0 Å². The average molecular weight is 231 g/mol. The van der Waals surface area contributed by atoms with Gasteiger partial charge in [0.25, 0.3) is 0 Å². The fourth-order valence-corrected chi connectivity index (χ4v) is 2.05. The SMILES string of the molecule is Cc1cc(C)n(Cc2cccc(F)c2)c1C=O. The van der Waals surface area contributed by atoms with E-state index in [9.17, 15) is 9.18 Å². The standard InChI is InChI=1S/C14H14FNO/c1-10-6-11(2)16(14(10)9-17)8-12-4-3-5-13(15)7-12/h3-7,9H,8H2,1-2H3. The lowest BCUT2D eigenvalue weighted by Gasteiger charge is -2.09. The summed E-state index contributed by atoms with van der Waals surface area (Å²) < 4.78 is 15.0. The number of hydrogen-bond donors (Lipinski definition) is 0. The molecule has 0 saturated carbocycles. The van der Waals surface area contributed by atoms with Crippen LogP contribution < -0.4 is 0 Å². The highest BCUT2D eigenvalue weighted by molar-refractivity contribution is 5.75. The normalized spacial score (nSPS) is 10.5. The van der Waals surface area contributed by atoms with E-state index in [0.717, 1.165) is 23.1 Å². The Balaban J connectivity index is 2.39. The minimum Gasteiger partial charge on any atom is -0.338 e. The van der Waals surface area contributed by atoms with Crippen LogP contribution in [0.4, 0.5) is 4.39 Å². The van der Waals surface area contributed by atoms with Gasteiger partial charge in [0.1, 0.15) is 5.82 Å². The molecule has 0 spiro atoms. The van der Waals surface area contributed by atoms with Gasteiger partial charge >= 0.3 is 0 Å². The third-order valence-electron chi connectivity index (χ3n) is 2.89. The van der Waals surface area contributed by atoms with Crippen molar-refractivity contribution in [2.24, 2.45) is 0 Å². The molecular weight excluding hydrogens is 217 g/mol. The van der Waals surface area contributed by atoms with Gasteiger partial charge < -0.3 is 4.57 Å². The molecule has 0 aliphatic heterocycles. The Kier molecular flexibility index (Phi) is 3.09. The molecular formula is C14H14FNO. The molecule has 1 aromatic heterocycles. The maximum Gasteiger partial charge on any atom is 0.166 e. The van der Waals surface area contributed by atoms with Crippen molar-refractivity contribution in [3.63, 3.8) is 0 Å². The first-order valence-electron chi connectivity index (χ1n) is 5.48. The van der Waals surface area contributed by atoms with Gasteiger partial charge in [0, 0.05) is 12.2 Å². The molecule has 0 bridgehead atoms. The van der Waals surface area contributed by atoms with E-state index in [0.29, 0.717) is 12.2 Å². The van der Waals surface area contributed by atoms with Crippen LogP contribution in [0.5, 0.6) is 0 Å². The molecule has 0 amide bonds. The molecule has 17 heavy (non-hydrogen) atoms. The molecule has 1 heterocycles. The van der Waals surface area contributed by atoms with E-state index in [1.54, 1.807) is 6.07 Å². The van der Waals surface area contributed by atoms with Crippen LogP contribution in [0.15, 0.2) is 30.3 Å². The number of aryl methyl sites for hydroxylation is 2. The molecule has 0 N–H and O–H groups in total. The average Bonchev–Trinajstić information content (AvgIpc) is 2.53. The highest BCUT2D eigenvalue weighted by Gasteiger charge is 2.09. The first-order chi connectivity index (χ1) is 8.11. The van der Waals surface area contributed by atoms with Crippen molar-refractivity contribution in [3.8, 4) is 0 Å². The summed E-state index contributed by atoms with van der Waals surface area (Å²) in [5.74, 6) is -0.253. The number of halogens is 1. The summed E-state index contributed by atoms with van der Waals surface area (Å²) in [6.07, 6.45) is 0.849. The topological polar surface area (TPSA) is 22.0 Å². The number of aldehydes is 1. The number of nitrogens with zero attached hydrogens (tertiary/aromatic N) is 1. The molecule has 2 rings (SSSR count). The van der Waals surface area contributed by atoms with E-state index in [2.05, 4.69) is 0 Å². The van der Waals surface area contributed by atoms with Gasteiger partial charge in [-0.15, -0.1) is 0 Å². The van der Waals surface area contributed by atoms with Crippen LogP contribution >= 0.6 is 0 Å². The van der Waals surface area contributed by atoms with Crippen molar-refractivity contribution in [2.45, 2.75) is 20.4 Å². The highest BCUT2D eigenvalue weighted by atomic mass is 19.1. The van der Waals surface area contributed by atoms with E-state index in [-0.39, 0.29) is 5.82 Å². The Morgan fingerprint density at radius 3 is 2.71 bits per heavy atom. The summed E-state index contributed by atoms with van der Waals surface area (Å²) in [5, 5.41) is 0. The fourth-order valence-electron chi connectivity index (χ4n) is 2.05. The van der Waals surface area contributed by atoms with Crippen molar-refractivity contribution in [3.05, 3.63) is 58.7 Å². The molecule has 3 heteroatoms. The number of hydrogen-bond acceptors (Lipinski definition) is 1. The Hall–Kier alpha value is -1.90. The summed E-state index contributed by atoms with van der Waals surface area (Å²) in [6, 6.07) is 8.40. The van der Waals surface area contributed by atoms with Crippen LogP contribution in [-0.4, -0.2) is 10.9 Å². The third kappa shape index (κ3) is 2.28. The Labute approximate surface area is 99.7 Å². The number of benzene rings is 1. The second kappa shape index (κ2) is 4.53. The second-order valence-corrected chi connectivity index (χ2v) is 4.19. The summed E-state index contributed by atoms with van der Waals surface area (Å²) >= 11 is 0. The maximum atomic E-state index is 13.1. The molecule has 2 nitrogen and oxygen atoms in total.